The number of piperidine rings is 1. The standard InChI is InChI=1S/C22H26N4O4S2/c1-14-6-8-17(9-7-14)12-23-22(27)18-5-4-10-26(13-18)32(28,29)20-11-19(31-15(20)2)21-24-16(3)30-25-21/h6-9,11,18H,4-5,10,12-13H2,1-3H3,(H,23,27)/t18-/m0/s1. The van der Waals surface area contributed by atoms with Gasteiger partial charge in [-0.1, -0.05) is 35.0 Å². The van der Waals surface area contributed by atoms with Crippen LogP contribution in [0.1, 0.15) is 34.7 Å². The van der Waals surface area contributed by atoms with Crippen LogP contribution in [0, 0.1) is 26.7 Å². The Morgan fingerprint density at radius 1 is 1.25 bits per heavy atom. The quantitative estimate of drug-likeness (QED) is 0.587. The molecule has 1 amide bonds. The molecule has 3 heterocycles. The molecule has 0 saturated carbocycles. The maximum atomic E-state index is 13.4. The normalized spacial score (nSPS) is 17.4. The second-order valence-electron chi connectivity index (χ2n) is 8.07. The van der Waals surface area contributed by atoms with E-state index >= 15 is 0 Å². The molecule has 32 heavy (non-hydrogen) atoms. The molecule has 4 rings (SSSR count). The molecule has 0 aliphatic carbocycles. The number of benzene rings is 1. The number of hydrogen-bond acceptors (Lipinski definition) is 7. The van der Waals surface area contributed by atoms with E-state index in [0.717, 1.165) is 11.1 Å². The minimum Gasteiger partial charge on any atom is -0.352 e. The minimum atomic E-state index is -3.73. The summed E-state index contributed by atoms with van der Waals surface area (Å²) < 4.78 is 33.2. The number of aromatic nitrogens is 2. The van der Waals surface area contributed by atoms with Crippen LogP contribution >= 0.6 is 11.3 Å². The van der Waals surface area contributed by atoms with Crippen molar-refractivity contribution in [2.24, 2.45) is 5.92 Å². The molecule has 1 saturated heterocycles. The summed E-state index contributed by atoms with van der Waals surface area (Å²) in [7, 11) is -3.73. The van der Waals surface area contributed by atoms with Crippen LogP contribution in [-0.4, -0.2) is 41.9 Å². The number of amides is 1. The fourth-order valence-corrected chi connectivity index (χ4v) is 6.79. The van der Waals surface area contributed by atoms with Gasteiger partial charge in [0.2, 0.25) is 27.6 Å². The fourth-order valence-electron chi connectivity index (χ4n) is 3.78. The number of nitrogens with zero attached hydrogens (tertiary/aromatic N) is 3. The Hall–Kier alpha value is -2.56. The van der Waals surface area contributed by atoms with E-state index in [4.69, 9.17) is 4.52 Å². The van der Waals surface area contributed by atoms with Crippen LogP contribution in [0.3, 0.4) is 0 Å². The first-order valence-electron chi connectivity index (χ1n) is 10.5. The van der Waals surface area contributed by atoms with Crippen LogP contribution in [0.5, 0.6) is 0 Å². The van der Waals surface area contributed by atoms with Gasteiger partial charge >= 0.3 is 0 Å². The predicted molar refractivity (Wildman–Crippen MR) is 122 cm³/mol. The Labute approximate surface area is 191 Å². The summed E-state index contributed by atoms with van der Waals surface area (Å²) >= 11 is 1.32. The molecule has 1 aliphatic rings. The van der Waals surface area contributed by atoms with E-state index in [1.807, 2.05) is 31.2 Å². The molecule has 1 fully saturated rings. The topological polar surface area (TPSA) is 105 Å². The summed E-state index contributed by atoms with van der Waals surface area (Å²) in [6.07, 6.45) is 1.31. The molecular weight excluding hydrogens is 448 g/mol. The van der Waals surface area contributed by atoms with Crippen LogP contribution in [0.4, 0.5) is 0 Å². The van der Waals surface area contributed by atoms with E-state index in [2.05, 4.69) is 15.5 Å². The average molecular weight is 475 g/mol. The Bertz CT molecular complexity index is 1220. The Morgan fingerprint density at radius 2 is 2.00 bits per heavy atom. The number of carbonyl (C=O) groups is 1. The zero-order valence-corrected chi connectivity index (χ0v) is 19.9. The minimum absolute atomic E-state index is 0.115. The largest absolute Gasteiger partial charge is 0.352 e. The van der Waals surface area contributed by atoms with Gasteiger partial charge in [0.25, 0.3) is 0 Å². The number of sulfonamides is 1. The lowest BCUT2D eigenvalue weighted by atomic mass is 9.98. The van der Waals surface area contributed by atoms with Gasteiger partial charge in [0.15, 0.2) is 0 Å². The molecule has 0 radical (unpaired) electrons. The molecule has 1 aliphatic heterocycles. The smallest absolute Gasteiger partial charge is 0.244 e. The highest BCUT2D eigenvalue weighted by Gasteiger charge is 2.35. The van der Waals surface area contributed by atoms with Crippen molar-refractivity contribution in [1.82, 2.24) is 19.8 Å². The Kier molecular flexibility index (Phi) is 6.45. The third-order valence-corrected chi connectivity index (χ3v) is 8.75. The zero-order valence-electron chi connectivity index (χ0n) is 18.3. The maximum absolute atomic E-state index is 13.4. The van der Waals surface area contributed by atoms with E-state index in [9.17, 15) is 13.2 Å². The van der Waals surface area contributed by atoms with E-state index in [1.54, 1.807) is 19.9 Å². The van der Waals surface area contributed by atoms with Gasteiger partial charge < -0.3 is 9.84 Å². The van der Waals surface area contributed by atoms with Crippen LogP contribution < -0.4 is 5.32 Å². The molecule has 0 bridgehead atoms. The van der Waals surface area contributed by atoms with Crippen molar-refractivity contribution < 1.29 is 17.7 Å². The van der Waals surface area contributed by atoms with Crippen molar-refractivity contribution in [3.63, 3.8) is 0 Å². The molecule has 2 aromatic heterocycles. The molecule has 170 valence electrons. The van der Waals surface area contributed by atoms with Crippen LogP contribution in [0.15, 0.2) is 39.8 Å². The molecule has 10 heteroatoms. The molecule has 8 nitrogen and oxygen atoms in total. The van der Waals surface area contributed by atoms with Crippen molar-refractivity contribution in [3.05, 3.63) is 52.2 Å². The van der Waals surface area contributed by atoms with E-state index in [0.29, 0.717) is 47.4 Å². The van der Waals surface area contributed by atoms with Gasteiger partial charge in [-0.3, -0.25) is 4.79 Å². The number of carbonyl (C=O) groups excluding carboxylic acids is 1. The number of nitrogens with one attached hydrogen (secondary N) is 1. The van der Waals surface area contributed by atoms with Gasteiger partial charge in [0, 0.05) is 31.4 Å². The maximum Gasteiger partial charge on any atom is 0.244 e. The number of aryl methyl sites for hydroxylation is 3. The Balaban J connectivity index is 1.45. The highest BCUT2D eigenvalue weighted by Crippen LogP contribution is 2.34. The van der Waals surface area contributed by atoms with Gasteiger partial charge in [-0.25, -0.2) is 8.42 Å². The van der Waals surface area contributed by atoms with Gasteiger partial charge in [-0.15, -0.1) is 11.3 Å². The third-order valence-electron chi connectivity index (χ3n) is 5.58. The average Bonchev–Trinajstić information content (AvgIpc) is 3.39. The molecule has 0 spiro atoms. The summed E-state index contributed by atoms with van der Waals surface area (Å²) in [6, 6.07) is 9.57. The van der Waals surface area contributed by atoms with Crippen molar-refractivity contribution >= 4 is 27.3 Å². The number of hydrogen-bond donors (Lipinski definition) is 1. The summed E-state index contributed by atoms with van der Waals surface area (Å²) in [6.45, 7) is 6.47. The molecule has 1 N–H and O–H groups in total. The van der Waals surface area contributed by atoms with Gasteiger partial charge in [-0.2, -0.15) is 9.29 Å². The lowest BCUT2D eigenvalue weighted by Crippen LogP contribution is -2.45. The number of rotatable bonds is 6. The van der Waals surface area contributed by atoms with Crippen molar-refractivity contribution in [1.29, 1.82) is 0 Å². The van der Waals surface area contributed by atoms with Gasteiger partial charge in [0.1, 0.15) is 0 Å². The molecular formula is C22H26N4O4S2. The highest BCUT2D eigenvalue weighted by molar-refractivity contribution is 7.89. The first kappa shape index (κ1) is 22.6. The second kappa shape index (κ2) is 9.13. The summed E-state index contributed by atoms with van der Waals surface area (Å²) in [5.41, 5.74) is 2.18. The van der Waals surface area contributed by atoms with Crippen molar-refractivity contribution in [2.45, 2.75) is 45.1 Å². The third kappa shape index (κ3) is 4.77. The summed E-state index contributed by atoms with van der Waals surface area (Å²) in [5, 5.41) is 6.84. The second-order valence-corrected chi connectivity index (χ2v) is 11.2. The van der Waals surface area contributed by atoms with Crippen LogP contribution in [-0.2, 0) is 21.4 Å². The predicted octanol–water partition coefficient (Wildman–Crippen LogP) is 3.44. The molecule has 1 aromatic carbocycles. The van der Waals surface area contributed by atoms with Gasteiger partial charge in [-0.05, 0) is 38.3 Å². The van der Waals surface area contributed by atoms with Gasteiger partial charge in [0.05, 0.1) is 15.7 Å². The lowest BCUT2D eigenvalue weighted by Gasteiger charge is -2.31. The van der Waals surface area contributed by atoms with E-state index in [1.165, 1.54) is 15.6 Å². The highest BCUT2D eigenvalue weighted by atomic mass is 32.2. The lowest BCUT2D eigenvalue weighted by molar-refractivity contribution is -0.126. The summed E-state index contributed by atoms with van der Waals surface area (Å²) in [5.74, 6) is 0.313. The van der Waals surface area contributed by atoms with E-state index < -0.39 is 10.0 Å². The SMILES string of the molecule is Cc1ccc(CNC(=O)[C@H]2CCCN(S(=O)(=O)c3cc(-c4noc(C)n4)sc3C)C2)cc1. The van der Waals surface area contributed by atoms with Crippen molar-refractivity contribution in [2.75, 3.05) is 13.1 Å². The van der Waals surface area contributed by atoms with E-state index in [-0.39, 0.29) is 23.3 Å². The number of thiophene rings is 1. The molecule has 3 aromatic rings. The monoisotopic (exact) mass is 474 g/mol. The zero-order chi connectivity index (χ0) is 22.9. The Morgan fingerprint density at radius 3 is 2.69 bits per heavy atom. The summed E-state index contributed by atoms with van der Waals surface area (Å²) in [4.78, 5) is 18.5. The molecule has 1 atom stereocenters. The fraction of sp³-hybridized carbons (Fsp3) is 0.409. The van der Waals surface area contributed by atoms with Crippen molar-refractivity contribution in [3.8, 4) is 10.7 Å². The van der Waals surface area contributed by atoms with Crippen LogP contribution in [0.2, 0.25) is 0 Å². The first-order valence-corrected chi connectivity index (χ1v) is 12.7. The first-order chi connectivity index (χ1) is 15.2. The van der Waals surface area contributed by atoms with Crippen LogP contribution in [0.25, 0.3) is 10.7 Å². The molecule has 0 unspecified atom stereocenters.